The molecule has 1 saturated carbocycles. The lowest BCUT2D eigenvalue weighted by molar-refractivity contribution is 0.0192. The molecule has 0 heterocycles. The minimum Gasteiger partial charge on any atom is -0.377 e. The van der Waals surface area contributed by atoms with Crippen LogP contribution >= 0.6 is 0 Å². The van der Waals surface area contributed by atoms with E-state index < -0.39 is 0 Å². The van der Waals surface area contributed by atoms with Gasteiger partial charge in [0.25, 0.3) is 0 Å². The van der Waals surface area contributed by atoms with E-state index in [4.69, 9.17) is 10.5 Å². The molecule has 2 N–H and O–H groups in total. The minimum atomic E-state index is 0.416. The molecular formula is C17H25NO. The van der Waals surface area contributed by atoms with E-state index in [1.54, 1.807) is 0 Å². The molecule has 0 aliphatic heterocycles. The van der Waals surface area contributed by atoms with Gasteiger partial charge in [0.15, 0.2) is 0 Å². The molecule has 0 bridgehead atoms. The Labute approximate surface area is 116 Å². The summed E-state index contributed by atoms with van der Waals surface area (Å²) in [5.41, 5.74) is 8.89. The number of fused-ring (bicyclic) bond motifs is 1. The fraction of sp³-hybridized carbons (Fsp3) is 0.647. The minimum absolute atomic E-state index is 0.416. The number of rotatable bonds is 4. The van der Waals surface area contributed by atoms with E-state index in [-0.39, 0.29) is 0 Å². The van der Waals surface area contributed by atoms with E-state index in [1.165, 1.54) is 49.7 Å². The molecule has 0 spiro atoms. The lowest BCUT2D eigenvalue weighted by Crippen LogP contribution is -2.27. The van der Waals surface area contributed by atoms with Crippen LogP contribution in [0.3, 0.4) is 0 Å². The van der Waals surface area contributed by atoms with Crippen LogP contribution in [-0.2, 0) is 11.2 Å². The average molecular weight is 259 g/mol. The van der Waals surface area contributed by atoms with Gasteiger partial charge in [0, 0.05) is 5.92 Å². The Kier molecular flexibility index (Phi) is 4.19. The van der Waals surface area contributed by atoms with Crippen LogP contribution in [0.5, 0.6) is 0 Å². The van der Waals surface area contributed by atoms with Crippen LogP contribution in [0.15, 0.2) is 24.3 Å². The van der Waals surface area contributed by atoms with Crippen LogP contribution < -0.4 is 5.73 Å². The summed E-state index contributed by atoms with van der Waals surface area (Å²) in [6.07, 6.45) is 7.97. The molecular weight excluding hydrogens is 234 g/mol. The molecule has 3 unspecified atom stereocenters. The van der Waals surface area contributed by atoms with Crippen molar-refractivity contribution in [3.8, 4) is 0 Å². The molecule has 2 heteroatoms. The van der Waals surface area contributed by atoms with E-state index in [0.717, 1.165) is 13.2 Å². The number of hydrogen-bond acceptors (Lipinski definition) is 2. The second kappa shape index (κ2) is 6.06. The maximum atomic E-state index is 6.22. The van der Waals surface area contributed by atoms with E-state index >= 15 is 0 Å². The van der Waals surface area contributed by atoms with Crippen molar-refractivity contribution in [1.82, 2.24) is 0 Å². The predicted molar refractivity (Wildman–Crippen MR) is 78.3 cm³/mol. The third-order valence-corrected chi connectivity index (χ3v) is 4.90. The first-order valence-electron chi connectivity index (χ1n) is 7.78. The Morgan fingerprint density at radius 2 is 2.00 bits per heavy atom. The van der Waals surface area contributed by atoms with Crippen molar-refractivity contribution < 1.29 is 4.74 Å². The lowest BCUT2D eigenvalue weighted by atomic mass is 9.83. The summed E-state index contributed by atoms with van der Waals surface area (Å²) in [6.45, 7) is 1.67. The second-order valence-corrected chi connectivity index (χ2v) is 6.09. The smallest absolute Gasteiger partial charge is 0.0615 e. The number of hydrogen-bond donors (Lipinski definition) is 1. The number of nitrogens with two attached hydrogens (primary N) is 1. The summed E-state index contributed by atoms with van der Waals surface area (Å²) in [7, 11) is 0. The predicted octanol–water partition coefficient (Wildman–Crippen LogP) is 3.25. The van der Waals surface area contributed by atoms with E-state index in [1.807, 2.05) is 0 Å². The van der Waals surface area contributed by atoms with Crippen molar-refractivity contribution in [2.75, 3.05) is 13.2 Å². The Bertz CT molecular complexity index is 417. The first kappa shape index (κ1) is 13.1. The van der Waals surface area contributed by atoms with Crippen LogP contribution in [-0.4, -0.2) is 19.3 Å². The SMILES string of the molecule is NCC1CCCC1OCC1CCCc2ccccc21. The zero-order valence-corrected chi connectivity index (χ0v) is 11.7. The van der Waals surface area contributed by atoms with Crippen LogP contribution in [0, 0.1) is 5.92 Å². The zero-order valence-electron chi connectivity index (χ0n) is 11.7. The quantitative estimate of drug-likeness (QED) is 0.901. The van der Waals surface area contributed by atoms with Gasteiger partial charge in [-0.2, -0.15) is 0 Å². The topological polar surface area (TPSA) is 35.2 Å². The normalized spacial score (nSPS) is 30.3. The molecule has 3 atom stereocenters. The molecule has 0 saturated heterocycles. The monoisotopic (exact) mass is 259 g/mol. The van der Waals surface area contributed by atoms with Gasteiger partial charge in [-0.1, -0.05) is 30.7 Å². The maximum absolute atomic E-state index is 6.22. The average Bonchev–Trinajstić information content (AvgIpc) is 2.92. The number of benzene rings is 1. The fourth-order valence-corrected chi connectivity index (χ4v) is 3.76. The summed E-state index contributed by atoms with van der Waals surface area (Å²) in [4.78, 5) is 0. The third kappa shape index (κ3) is 2.85. The first-order valence-corrected chi connectivity index (χ1v) is 7.78. The highest BCUT2D eigenvalue weighted by Gasteiger charge is 2.28. The highest BCUT2D eigenvalue weighted by Crippen LogP contribution is 2.34. The van der Waals surface area contributed by atoms with Crippen LogP contribution in [0.4, 0.5) is 0 Å². The summed E-state index contributed by atoms with van der Waals surface area (Å²) in [5.74, 6) is 1.20. The van der Waals surface area contributed by atoms with Gasteiger partial charge in [-0.05, 0) is 55.7 Å². The molecule has 2 nitrogen and oxygen atoms in total. The Morgan fingerprint density at radius 1 is 1.11 bits per heavy atom. The van der Waals surface area contributed by atoms with Crippen molar-refractivity contribution in [1.29, 1.82) is 0 Å². The standard InChI is InChI=1S/C17H25NO/c18-11-14-7-4-10-17(14)19-12-15-8-3-6-13-5-1-2-9-16(13)15/h1-2,5,9,14-15,17H,3-4,6-8,10-12,18H2. The third-order valence-electron chi connectivity index (χ3n) is 4.90. The molecule has 1 aromatic rings. The Balaban J connectivity index is 1.62. The lowest BCUT2D eigenvalue weighted by Gasteiger charge is -2.28. The van der Waals surface area contributed by atoms with Crippen molar-refractivity contribution in [3.05, 3.63) is 35.4 Å². The fourth-order valence-electron chi connectivity index (χ4n) is 3.76. The van der Waals surface area contributed by atoms with E-state index in [2.05, 4.69) is 24.3 Å². The van der Waals surface area contributed by atoms with Gasteiger partial charge in [0.05, 0.1) is 12.7 Å². The molecule has 19 heavy (non-hydrogen) atoms. The van der Waals surface area contributed by atoms with Gasteiger partial charge >= 0.3 is 0 Å². The van der Waals surface area contributed by atoms with Crippen molar-refractivity contribution >= 4 is 0 Å². The molecule has 3 rings (SSSR count). The summed E-state index contributed by atoms with van der Waals surface area (Å²) < 4.78 is 6.22. The maximum Gasteiger partial charge on any atom is 0.0615 e. The van der Waals surface area contributed by atoms with Gasteiger partial charge < -0.3 is 10.5 Å². The van der Waals surface area contributed by atoms with Gasteiger partial charge in [-0.3, -0.25) is 0 Å². The first-order chi connectivity index (χ1) is 9.38. The summed E-state index contributed by atoms with van der Waals surface area (Å²) in [5, 5.41) is 0. The van der Waals surface area contributed by atoms with Crippen molar-refractivity contribution in [2.24, 2.45) is 11.7 Å². The van der Waals surface area contributed by atoms with Gasteiger partial charge in [0.2, 0.25) is 0 Å². The molecule has 1 aromatic carbocycles. The van der Waals surface area contributed by atoms with E-state index in [9.17, 15) is 0 Å². The van der Waals surface area contributed by atoms with Crippen LogP contribution in [0.1, 0.15) is 49.1 Å². The van der Waals surface area contributed by atoms with Crippen LogP contribution in [0.25, 0.3) is 0 Å². The van der Waals surface area contributed by atoms with E-state index in [0.29, 0.717) is 17.9 Å². The Morgan fingerprint density at radius 3 is 2.89 bits per heavy atom. The largest absolute Gasteiger partial charge is 0.377 e. The van der Waals surface area contributed by atoms with Crippen molar-refractivity contribution in [2.45, 2.75) is 50.5 Å². The van der Waals surface area contributed by atoms with Gasteiger partial charge in [0.1, 0.15) is 0 Å². The molecule has 0 aromatic heterocycles. The zero-order chi connectivity index (χ0) is 13.1. The molecule has 104 valence electrons. The van der Waals surface area contributed by atoms with Gasteiger partial charge in [-0.15, -0.1) is 0 Å². The highest BCUT2D eigenvalue weighted by molar-refractivity contribution is 5.32. The molecule has 0 amide bonds. The highest BCUT2D eigenvalue weighted by atomic mass is 16.5. The molecule has 0 radical (unpaired) electrons. The summed E-state index contributed by atoms with van der Waals surface area (Å²) in [6, 6.07) is 8.89. The van der Waals surface area contributed by atoms with Gasteiger partial charge in [-0.25, -0.2) is 0 Å². The number of aryl methyl sites for hydroxylation is 1. The molecule has 2 aliphatic carbocycles. The molecule has 2 aliphatic rings. The summed E-state index contributed by atoms with van der Waals surface area (Å²) >= 11 is 0. The Hall–Kier alpha value is -0.860. The van der Waals surface area contributed by atoms with Crippen LogP contribution in [0.2, 0.25) is 0 Å². The number of ether oxygens (including phenoxy) is 1. The van der Waals surface area contributed by atoms with Crippen molar-refractivity contribution in [3.63, 3.8) is 0 Å². The molecule has 1 fully saturated rings. The second-order valence-electron chi connectivity index (χ2n) is 6.09.